The first kappa shape index (κ1) is 13.8. The van der Waals surface area contributed by atoms with E-state index in [2.05, 4.69) is 15.5 Å². The molecule has 1 saturated carbocycles. The van der Waals surface area contributed by atoms with Crippen molar-refractivity contribution in [3.8, 4) is 5.69 Å². The van der Waals surface area contributed by atoms with Crippen molar-refractivity contribution in [2.45, 2.75) is 37.6 Å². The van der Waals surface area contributed by atoms with Gasteiger partial charge in [0.05, 0.1) is 5.69 Å². The first-order valence-electron chi connectivity index (χ1n) is 7.18. The zero-order valence-corrected chi connectivity index (χ0v) is 11.8. The Hall–Kier alpha value is -2.21. The van der Waals surface area contributed by atoms with E-state index in [0.717, 1.165) is 37.1 Å². The second-order valence-electron chi connectivity index (χ2n) is 5.71. The smallest absolute Gasteiger partial charge is 0.226 e. The summed E-state index contributed by atoms with van der Waals surface area (Å²) in [5.41, 5.74) is 7.58. The van der Waals surface area contributed by atoms with Gasteiger partial charge in [0, 0.05) is 17.6 Å². The predicted molar refractivity (Wildman–Crippen MR) is 80.0 cm³/mol. The van der Waals surface area contributed by atoms with Crippen molar-refractivity contribution in [1.82, 2.24) is 14.8 Å². The number of nitrogens with zero attached hydrogens (tertiary/aromatic N) is 3. The predicted octanol–water partition coefficient (Wildman–Crippen LogP) is 1.87. The molecule has 6 heteroatoms. The molecule has 1 heterocycles. The van der Waals surface area contributed by atoms with Crippen LogP contribution in [0.5, 0.6) is 0 Å². The van der Waals surface area contributed by atoms with Crippen molar-refractivity contribution < 1.29 is 4.79 Å². The SMILES string of the molecule is NC1(CC(=O)Nc2cccc(-n3cnnc3)c2)CCCC1. The molecular weight excluding hydrogens is 266 g/mol. The average Bonchev–Trinajstić information content (AvgIpc) is 3.10. The Bertz CT molecular complexity index is 617. The molecule has 1 amide bonds. The molecule has 0 saturated heterocycles. The maximum absolute atomic E-state index is 12.1. The minimum absolute atomic E-state index is 0.0275. The lowest BCUT2D eigenvalue weighted by Gasteiger charge is -2.22. The number of nitrogens with one attached hydrogen (secondary N) is 1. The van der Waals surface area contributed by atoms with Crippen LogP contribution in [0, 0.1) is 0 Å². The van der Waals surface area contributed by atoms with Crippen LogP contribution < -0.4 is 11.1 Å². The van der Waals surface area contributed by atoms with Gasteiger partial charge in [0.2, 0.25) is 5.91 Å². The number of carbonyl (C=O) groups is 1. The van der Waals surface area contributed by atoms with E-state index in [0.29, 0.717) is 6.42 Å². The lowest BCUT2D eigenvalue weighted by atomic mass is 9.94. The van der Waals surface area contributed by atoms with Crippen LogP contribution >= 0.6 is 0 Å². The van der Waals surface area contributed by atoms with Crippen LogP contribution in [0.4, 0.5) is 5.69 Å². The molecule has 0 bridgehead atoms. The molecule has 1 fully saturated rings. The molecule has 2 aromatic rings. The summed E-state index contributed by atoms with van der Waals surface area (Å²) >= 11 is 0. The van der Waals surface area contributed by atoms with Crippen LogP contribution in [-0.4, -0.2) is 26.2 Å². The number of carbonyl (C=O) groups excluding carboxylic acids is 1. The summed E-state index contributed by atoms with van der Waals surface area (Å²) in [6.07, 6.45) is 7.72. The van der Waals surface area contributed by atoms with E-state index in [9.17, 15) is 4.79 Å². The molecule has 3 N–H and O–H groups in total. The van der Waals surface area contributed by atoms with Crippen molar-refractivity contribution >= 4 is 11.6 Å². The highest BCUT2D eigenvalue weighted by Crippen LogP contribution is 2.30. The van der Waals surface area contributed by atoms with E-state index < -0.39 is 0 Å². The third-order valence-electron chi connectivity index (χ3n) is 3.96. The van der Waals surface area contributed by atoms with Gasteiger partial charge in [-0.2, -0.15) is 0 Å². The van der Waals surface area contributed by atoms with Crippen molar-refractivity contribution in [1.29, 1.82) is 0 Å². The molecule has 1 aliphatic rings. The van der Waals surface area contributed by atoms with Gasteiger partial charge in [0.1, 0.15) is 12.7 Å². The van der Waals surface area contributed by atoms with Crippen LogP contribution in [-0.2, 0) is 4.79 Å². The third-order valence-corrected chi connectivity index (χ3v) is 3.96. The zero-order valence-electron chi connectivity index (χ0n) is 11.8. The minimum atomic E-state index is -0.323. The summed E-state index contributed by atoms with van der Waals surface area (Å²) in [5.74, 6) is -0.0275. The Balaban J connectivity index is 1.67. The molecule has 0 radical (unpaired) electrons. The third kappa shape index (κ3) is 3.28. The lowest BCUT2D eigenvalue weighted by molar-refractivity contribution is -0.117. The van der Waals surface area contributed by atoms with Crippen LogP contribution in [0.1, 0.15) is 32.1 Å². The molecule has 110 valence electrons. The maximum atomic E-state index is 12.1. The van der Waals surface area contributed by atoms with E-state index in [1.54, 1.807) is 17.2 Å². The topological polar surface area (TPSA) is 85.8 Å². The molecule has 3 rings (SSSR count). The van der Waals surface area contributed by atoms with Gasteiger partial charge in [-0.15, -0.1) is 10.2 Å². The summed E-state index contributed by atoms with van der Waals surface area (Å²) in [6.45, 7) is 0. The summed E-state index contributed by atoms with van der Waals surface area (Å²) < 4.78 is 1.79. The van der Waals surface area contributed by atoms with Gasteiger partial charge in [-0.3, -0.25) is 9.36 Å². The second-order valence-corrected chi connectivity index (χ2v) is 5.71. The van der Waals surface area contributed by atoms with Gasteiger partial charge in [-0.05, 0) is 31.0 Å². The molecule has 0 atom stereocenters. The van der Waals surface area contributed by atoms with E-state index in [1.165, 1.54) is 0 Å². The highest BCUT2D eigenvalue weighted by atomic mass is 16.1. The van der Waals surface area contributed by atoms with Crippen LogP contribution in [0.25, 0.3) is 5.69 Å². The summed E-state index contributed by atoms with van der Waals surface area (Å²) in [7, 11) is 0. The summed E-state index contributed by atoms with van der Waals surface area (Å²) in [4.78, 5) is 12.1. The van der Waals surface area contributed by atoms with Crippen molar-refractivity contribution in [2.75, 3.05) is 5.32 Å². The summed E-state index contributed by atoms with van der Waals surface area (Å²) in [6, 6.07) is 7.57. The van der Waals surface area contributed by atoms with Crippen molar-refractivity contribution in [3.05, 3.63) is 36.9 Å². The van der Waals surface area contributed by atoms with Gasteiger partial charge in [0.25, 0.3) is 0 Å². The Labute approximate surface area is 123 Å². The van der Waals surface area contributed by atoms with Gasteiger partial charge in [-0.1, -0.05) is 18.9 Å². The number of amides is 1. The largest absolute Gasteiger partial charge is 0.326 e. The Morgan fingerprint density at radius 2 is 2.00 bits per heavy atom. The number of nitrogens with two attached hydrogens (primary N) is 1. The van der Waals surface area contributed by atoms with Gasteiger partial charge in [-0.25, -0.2) is 0 Å². The molecule has 0 aliphatic heterocycles. The Kier molecular flexibility index (Phi) is 3.70. The van der Waals surface area contributed by atoms with Crippen LogP contribution in [0.15, 0.2) is 36.9 Å². The maximum Gasteiger partial charge on any atom is 0.226 e. The molecule has 0 spiro atoms. The van der Waals surface area contributed by atoms with E-state index in [1.807, 2.05) is 24.3 Å². The van der Waals surface area contributed by atoms with Crippen LogP contribution in [0.3, 0.4) is 0 Å². The van der Waals surface area contributed by atoms with Gasteiger partial charge in [0.15, 0.2) is 0 Å². The summed E-state index contributed by atoms with van der Waals surface area (Å²) in [5, 5.41) is 10.5. The molecule has 1 aromatic carbocycles. The molecule has 1 aromatic heterocycles. The molecule has 0 unspecified atom stereocenters. The molecule has 21 heavy (non-hydrogen) atoms. The number of benzene rings is 1. The van der Waals surface area contributed by atoms with E-state index >= 15 is 0 Å². The van der Waals surface area contributed by atoms with Crippen molar-refractivity contribution in [3.63, 3.8) is 0 Å². The Morgan fingerprint density at radius 3 is 2.71 bits per heavy atom. The van der Waals surface area contributed by atoms with Crippen LogP contribution in [0.2, 0.25) is 0 Å². The molecular formula is C15H19N5O. The average molecular weight is 285 g/mol. The van der Waals surface area contributed by atoms with Crippen molar-refractivity contribution in [2.24, 2.45) is 5.73 Å². The van der Waals surface area contributed by atoms with Gasteiger partial charge >= 0.3 is 0 Å². The second kappa shape index (κ2) is 5.65. The lowest BCUT2D eigenvalue weighted by Crippen LogP contribution is -2.40. The number of hydrogen-bond donors (Lipinski definition) is 2. The fraction of sp³-hybridized carbons (Fsp3) is 0.400. The fourth-order valence-corrected chi connectivity index (χ4v) is 2.86. The number of hydrogen-bond acceptors (Lipinski definition) is 4. The standard InChI is InChI=1S/C15H19N5O/c16-15(6-1-2-7-15)9-14(21)19-12-4-3-5-13(8-12)20-10-17-18-11-20/h3-5,8,10-11H,1-2,6-7,9,16H2,(H,19,21). The van der Waals surface area contributed by atoms with E-state index in [-0.39, 0.29) is 11.4 Å². The van der Waals surface area contributed by atoms with Gasteiger partial charge < -0.3 is 11.1 Å². The van der Waals surface area contributed by atoms with E-state index in [4.69, 9.17) is 5.73 Å². The Morgan fingerprint density at radius 1 is 1.29 bits per heavy atom. The number of anilines is 1. The quantitative estimate of drug-likeness (QED) is 0.898. The number of rotatable bonds is 4. The molecule has 6 nitrogen and oxygen atoms in total. The first-order valence-corrected chi connectivity index (χ1v) is 7.18. The first-order chi connectivity index (χ1) is 10.1. The highest BCUT2D eigenvalue weighted by Gasteiger charge is 2.31. The fourth-order valence-electron chi connectivity index (χ4n) is 2.86. The highest BCUT2D eigenvalue weighted by molar-refractivity contribution is 5.91. The molecule has 1 aliphatic carbocycles. The monoisotopic (exact) mass is 285 g/mol. The zero-order chi connectivity index (χ0) is 14.7. The minimum Gasteiger partial charge on any atom is -0.326 e. The number of aromatic nitrogens is 3. The normalized spacial score (nSPS) is 16.8.